The molecule has 18 heavy (non-hydrogen) atoms. The first-order chi connectivity index (χ1) is 8.40. The van der Waals surface area contributed by atoms with Gasteiger partial charge in [-0.05, 0) is 26.0 Å². The highest BCUT2D eigenvalue weighted by molar-refractivity contribution is 5.82. The maximum absolute atomic E-state index is 13.5. The fraction of sp³-hybridized carbons (Fsp3) is 0.417. The van der Waals surface area contributed by atoms with E-state index in [0.717, 1.165) is 23.1 Å². The minimum Gasteiger partial charge on any atom is -0.425 e. The lowest BCUT2D eigenvalue weighted by molar-refractivity contribution is -0.203. The Labute approximate surface area is 103 Å². The Morgan fingerprint density at radius 3 is 2.44 bits per heavy atom. The van der Waals surface area contributed by atoms with Crippen LogP contribution in [-0.2, 0) is 4.79 Å². The van der Waals surface area contributed by atoms with E-state index in [1.807, 2.05) is 0 Å². The maximum atomic E-state index is 13.5. The second-order valence-electron chi connectivity index (χ2n) is 3.55. The van der Waals surface area contributed by atoms with E-state index in [1.54, 1.807) is 13.8 Å². The van der Waals surface area contributed by atoms with Gasteiger partial charge in [0, 0.05) is 19.2 Å². The highest BCUT2D eigenvalue weighted by atomic mass is 19.3. The summed E-state index contributed by atoms with van der Waals surface area (Å²) in [7, 11) is 0. The molecule has 0 atom stereocenters. The van der Waals surface area contributed by atoms with Crippen molar-refractivity contribution in [1.82, 2.24) is 4.90 Å². The van der Waals surface area contributed by atoms with Crippen molar-refractivity contribution in [2.24, 2.45) is 0 Å². The highest BCUT2D eigenvalue weighted by Gasteiger charge is 2.44. The van der Waals surface area contributed by atoms with Gasteiger partial charge in [-0.1, -0.05) is 6.07 Å². The number of hydrogen-bond donors (Lipinski definition) is 0. The fourth-order valence-electron chi connectivity index (χ4n) is 1.42. The molecule has 0 aromatic heterocycles. The Morgan fingerprint density at radius 1 is 1.33 bits per heavy atom. The van der Waals surface area contributed by atoms with Crippen molar-refractivity contribution in [2.45, 2.75) is 20.0 Å². The first-order valence-corrected chi connectivity index (χ1v) is 5.52. The Balaban J connectivity index is 2.84. The Bertz CT molecular complexity index is 420. The number of rotatable bonds is 5. The van der Waals surface area contributed by atoms with E-state index in [1.165, 1.54) is 6.07 Å². The SMILES string of the molecule is CCN(CC)C(=O)C(F)(F)Oc1cccc(F)c1. The average Bonchev–Trinajstić information content (AvgIpc) is 2.29. The second-order valence-corrected chi connectivity index (χ2v) is 3.55. The summed E-state index contributed by atoms with van der Waals surface area (Å²) < 4.78 is 44.1. The minimum atomic E-state index is -4.00. The van der Waals surface area contributed by atoms with E-state index < -0.39 is 17.8 Å². The van der Waals surface area contributed by atoms with Gasteiger partial charge in [-0.25, -0.2) is 4.39 Å². The molecular formula is C12H14F3NO2. The van der Waals surface area contributed by atoms with Crippen molar-refractivity contribution in [3.63, 3.8) is 0 Å². The van der Waals surface area contributed by atoms with E-state index in [0.29, 0.717) is 0 Å². The van der Waals surface area contributed by atoms with Crippen LogP contribution in [0.5, 0.6) is 5.75 Å². The summed E-state index contributed by atoms with van der Waals surface area (Å²) in [6, 6.07) is 4.27. The number of alkyl halides is 2. The molecule has 1 amide bonds. The first-order valence-electron chi connectivity index (χ1n) is 5.52. The Kier molecular flexibility index (Phi) is 4.58. The maximum Gasteiger partial charge on any atom is 0.482 e. The second kappa shape index (κ2) is 5.75. The molecule has 6 heteroatoms. The van der Waals surface area contributed by atoms with Gasteiger partial charge in [0.15, 0.2) is 0 Å². The molecule has 100 valence electrons. The molecule has 0 aliphatic rings. The summed E-state index contributed by atoms with van der Waals surface area (Å²) >= 11 is 0. The van der Waals surface area contributed by atoms with Gasteiger partial charge in [0.05, 0.1) is 0 Å². The van der Waals surface area contributed by atoms with Crippen molar-refractivity contribution < 1.29 is 22.7 Å². The van der Waals surface area contributed by atoms with Gasteiger partial charge in [0.1, 0.15) is 11.6 Å². The molecule has 3 nitrogen and oxygen atoms in total. The lowest BCUT2D eigenvalue weighted by Gasteiger charge is -2.24. The molecule has 0 bridgehead atoms. The summed E-state index contributed by atoms with van der Waals surface area (Å²) in [5.74, 6) is -2.53. The van der Waals surface area contributed by atoms with Crippen LogP contribution in [0, 0.1) is 5.82 Å². The van der Waals surface area contributed by atoms with Crippen LogP contribution in [0.2, 0.25) is 0 Å². The molecule has 1 rings (SSSR count). The molecule has 0 N–H and O–H groups in total. The van der Waals surface area contributed by atoms with Gasteiger partial charge in [-0.2, -0.15) is 8.78 Å². The van der Waals surface area contributed by atoms with Gasteiger partial charge in [-0.15, -0.1) is 0 Å². The van der Waals surface area contributed by atoms with Crippen molar-refractivity contribution in [1.29, 1.82) is 0 Å². The molecule has 0 fully saturated rings. The van der Waals surface area contributed by atoms with Crippen LogP contribution < -0.4 is 4.74 Å². The van der Waals surface area contributed by atoms with E-state index in [2.05, 4.69) is 4.74 Å². The lowest BCUT2D eigenvalue weighted by Crippen LogP contribution is -2.46. The quantitative estimate of drug-likeness (QED) is 0.815. The molecule has 0 heterocycles. The number of nitrogens with zero attached hydrogens (tertiary/aromatic N) is 1. The number of carbonyl (C=O) groups is 1. The molecule has 0 saturated carbocycles. The molecule has 1 aromatic rings. The molecule has 0 radical (unpaired) electrons. The number of benzene rings is 1. The van der Waals surface area contributed by atoms with Crippen LogP contribution in [0.15, 0.2) is 24.3 Å². The van der Waals surface area contributed by atoms with Crippen LogP contribution in [0.25, 0.3) is 0 Å². The third-order valence-electron chi connectivity index (χ3n) is 2.34. The van der Waals surface area contributed by atoms with Crippen LogP contribution in [-0.4, -0.2) is 30.0 Å². The molecule has 0 saturated heterocycles. The van der Waals surface area contributed by atoms with E-state index in [9.17, 15) is 18.0 Å². The summed E-state index contributed by atoms with van der Waals surface area (Å²) in [5.41, 5.74) is 0. The van der Waals surface area contributed by atoms with Crippen molar-refractivity contribution in [3.05, 3.63) is 30.1 Å². The zero-order valence-electron chi connectivity index (χ0n) is 10.1. The minimum absolute atomic E-state index is 0.150. The van der Waals surface area contributed by atoms with Gasteiger partial charge < -0.3 is 9.64 Å². The first kappa shape index (κ1) is 14.3. The lowest BCUT2D eigenvalue weighted by atomic mass is 10.3. The van der Waals surface area contributed by atoms with E-state index in [4.69, 9.17) is 0 Å². The Hall–Kier alpha value is -1.72. The fourth-order valence-corrected chi connectivity index (χ4v) is 1.42. The highest BCUT2D eigenvalue weighted by Crippen LogP contribution is 2.24. The average molecular weight is 261 g/mol. The van der Waals surface area contributed by atoms with Gasteiger partial charge in [0.2, 0.25) is 0 Å². The number of carbonyl (C=O) groups excluding carboxylic acids is 1. The molecule has 0 aliphatic carbocycles. The topological polar surface area (TPSA) is 29.5 Å². The normalized spacial score (nSPS) is 11.2. The van der Waals surface area contributed by atoms with Gasteiger partial charge in [0.25, 0.3) is 0 Å². The smallest absolute Gasteiger partial charge is 0.425 e. The summed E-state index contributed by atoms with van der Waals surface area (Å²) in [4.78, 5) is 12.4. The number of halogens is 3. The largest absolute Gasteiger partial charge is 0.482 e. The zero-order chi connectivity index (χ0) is 13.8. The summed E-state index contributed by atoms with van der Waals surface area (Å²) in [5, 5.41) is 0. The molecular weight excluding hydrogens is 247 g/mol. The number of likely N-dealkylation sites (N-methyl/N-ethyl adjacent to an activating group) is 1. The molecule has 0 unspecified atom stereocenters. The van der Waals surface area contributed by atoms with Crippen LogP contribution in [0.3, 0.4) is 0 Å². The van der Waals surface area contributed by atoms with Crippen LogP contribution in [0.4, 0.5) is 13.2 Å². The van der Waals surface area contributed by atoms with Crippen molar-refractivity contribution >= 4 is 5.91 Å². The zero-order valence-corrected chi connectivity index (χ0v) is 10.1. The number of hydrogen-bond acceptors (Lipinski definition) is 2. The third kappa shape index (κ3) is 3.38. The van der Waals surface area contributed by atoms with E-state index >= 15 is 0 Å². The third-order valence-corrected chi connectivity index (χ3v) is 2.34. The number of amides is 1. The Morgan fingerprint density at radius 2 is 1.94 bits per heavy atom. The predicted molar refractivity (Wildman–Crippen MR) is 59.9 cm³/mol. The molecule has 1 aromatic carbocycles. The summed E-state index contributed by atoms with van der Waals surface area (Å²) in [6.07, 6.45) is -4.00. The van der Waals surface area contributed by atoms with Crippen LogP contribution in [0.1, 0.15) is 13.8 Å². The van der Waals surface area contributed by atoms with Crippen LogP contribution >= 0.6 is 0 Å². The summed E-state index contributed by atoms with van der Waals surface area (Å²) in [6.45, 7) is 3.47. The monoisotopic (exact) mass is 261 g/mol. The van der Waals surface area contributed by atoms with Crippen molar-refractivity contribution in [2.75, 3.05) is 13.1 Å². The van der Waals surface area contributed by atoms with E-state index in [-0.39, 0.29) is 18.8 Å². The van der Waals surface area contributed by atoms with Gasteiger partial charge >= 0.3 is 12.0 Å². The predicted octanol–water partition coefficient (Wildman–Crippen LogP) is 2.67. The molecule has 0 aliphatic heterocycles. The van der Waals surface area contributed by atoms with Gasteiger partial charge in [-0.3, -0.25) is 4.79 Å². The molecule has 0 spiro atoms. The van der Waals surface area contributed by atoms with Crippen molar-refractivity contribution in [3.8, 4) is 5.75 Å². The number of ether oxygens (including phenoxy) is 1. The standard InChI is InChI=1S/C12H14F3NO2/c1-3-16(4-2)11(17)12(14,15)18-10-7-5-6-9(13)8-10/h5-8H,3-4H2,1-2H3.